The molecule has 3 aromatic carbocycles. The predicted molar refractivity (Wildman–Crippen MR) is 154 cm³/mol. The number of carbonyl (C=O) groups excluding carboxylic acids is 2. The molecular weight excluding hydrogens is 578 g/mol. The minimum absolute atomic E-state index is 0.0193. The van der Waals surface area contributed by atoms with Crippen molar-refractivity contribution in [1.29, 1.82) is 0 Å². The van der Waals surface area contributed by atoms with Gasteiger partial charge in [0.2, 0.25) is 11.8 Å². The van der Waals surface area contributed by atoms with Gasteiger partial charge in [-0.1, -0.05) is 53.5 Å². The molecule has 41 heavy (non-hydrogen) atoms. The lowest BCUT2D eigenvalue weighted by Crippen LogP contribution is -2.37. The summed E-state index contributed by atoms with van der Waals surface area (Å²) in [6.07, 6.45) is -2.21. The number of aryl methyl sites for hydroxylation is 1. The van der Waals surface area contributed by atoms with Crippen molar-refractivity contribution in [3.63, 3.8) is 0 Å². The van der Waals surface area contributed by atoms with E-state index in [1.54, 1.807) is 12.1 Å². The van der Waals surface area contributed by atoms with E-state index in [4.69, 9.17) is 27.9 Å². The Morgan fingerprint density at radius 2 is 1.80 bits per heavy atom. The molecule has 212 valence electrons. The van der Waals surface area contributed by atoms with Crippen molar-refractivity contribution in [3.8, 4) is 5.75 Å². The van der Waals surface area contributed by atoms with Crippen LogP contribution < -0.4 is 15.0 Å². The molecule has 1 aromatic heterocycles. The summed E-state index contributed by atoms with van der Waals surface area (Å²) in [6.45, 7) is 1.47. The van der Waals surface area contributed by atoms with Crippen molar-refractivity contribution in [2.45, 2.75) is 19.7 Å². The first-order valence-corrected chi connectivity index (χ1v) is 13.1. The number of carbonyl (C=O) groups is 2. The van der Waals surface area contributed by atoms with Gasteiger partial charge in [-0.2, -0.15) is 13.2 Å². The number of para-hydroxylation sites is 1. The maximum Gasteiger partial charge on any atom is 0.416 e. The third kappa shape index (κ3) is 7.36. The van der Waals surface area contributed by atoms with E-state index in [0.717, 1.165) is 29.1 Å². The molecule has 6 nitrogen and oxygen atoms in total. The molecule has 2 amide bonds. The van der Waals surface area contributed by atoms with E-state index < -0.39 is 23.6 Å². The number of nitrogens with zero attached hydrogens (tertiary/aromatic N) is 2. The number of benzene rings is 3. The fourth-order valence-corrected chi connectivity index (χ4v) is 4.54. The maximum absolute atomic E-state index is 12.9. The molecule has 0 saturated heterocycles. The molecule has 0 bridgehead atoms. The Balaban J connectivity index is 1.40. The van der Waals surface area contributed by atoms with Crippen LogP contribution in [0.5, 0.6) is 5.75 Å². The van der Waals surface area contributed by atoms with Gasteiger partial charge in [0.25, 0.3) is 0 Å². The highest BCUT2D eigenvalue weighted by Gasteiger charge is 2.30. The van der Waals surface area contributed by atoms with E-state index in [2.05, 4.69) is 10.3 Å². The maximum atomic E-state index is 12.9. The molecule has 4 aromatic rings. The number of hydrogen-bond acceptors (Lipinski definition) is 4. The van der Waals surface area contributed by atoms with Crippen LogP contribution in [-0.2, 0) is 22.4 Å². The van der Waals surface area contributed by atoms with Gasteiger partial charge in [0.05, 0.1) is 34.0 Å². The quantitative estimate of drug-likeness (QED) is 0.216. The number of fused-ring (bicyclic) bond motifs is 1. The van der Waals surface area contributed by atoms with Crippen LogP contribution in [0.25, 0.3) is 17.0 Å². The van der Waals surface area contributed by atoms with Gasteiger partial charge in [-0.05, 0) is 55.0 Å². The summed E-state index contributed by atoms with van der Waals surface area (Å²) in [5.74, 6) is -0.581. The molecule has 0 radical (unpaired) electrons. The Morgan fingerprint density at radius 1 is 1.05 bits per heavy atom. The average Bonchev–Trinajstić information content (AvgIpc) is 2.94. The zero-order chi connectivity index (χ0) is 29.7. The van der Waals surface area contributed by atoms with Gasteiger partial charge in [0.1, 0.15) is 12.4 Å². The number of ether oxygens (including phenoxy) is 1. The highest BCUT2D eigenvalue weighted by Crippen LogP contribution is 2.35. The number of pyridine rings is 1. The van der Waals surface area contributed by atoms with Crippen LogP contribution in [-0.4, -0.2) is 30.4 Å². The number of alkyl halides is 3. The first-order valence-electron chi connectivity index (χ1n) is 12.3. The van der Waals surface area contributed by atoms with Gasteiger partial charge in [0, 0.05) is 29.1 Å². The molecule has 0 aliphatic rings. The molecule has 4 rings (SSSR count). The molecule has 1 N–H and O–H groups in total. The second kappa shape index (κ2) is 12.6. The summed E-state index contributed by atoms with van der Waals surface area (Å²) >= 11 is 13.0. The highest BCUT2D eigenvalue weighted by molar-refractivity contribution is 6.38. The van der Waals surface area contributed by atoms with E-state index in [1.165, 1.54) is 30.2 Å². The molecule has 1 heterocycles. The molecule has 0 saturated carbocycles. The zero-order valence-electron chi connectivity index (χ0n) is 21.9. The Labute approximate surface area is 244 Å². The number of nitrogens with one attached hydrogen (secondary N) is 1. The zero-order valence-corrected chi connectivity index (χ0v) is 23.4. The van der Waals surface area contributed by atoms with E-state index in [9.17, 15) is 22.8 Å². The van der Waals surface area contributed by atoms with Crippen LogP contribution in [0.4, 0.5) is 18.9 Å². The summed E-state index contributed by atoms with van der Waals surface area (Å²) in [6, 6.07) is 17.2. The summed E-state index contributed by atoms with van der Waals surface area (Å²) < 4.78 is 44.6. The largest absolute Gasteiger partial charge is 0.487 e. The third-order valence-corrected chi connectivity index (χ3v) is 6.97. The highest BCUT2D eigenvalue weighted by atomic mass is 35.5. The van der Waals surface area contributed by atoms with Crippen molar-refractivity contribution in [2.24, 2.45) is 0 Å². The molecule has 0 aliphatic carbocycles. The lowest BCUT2D eigenvalue weighted by molar-refractivity contribution is -0.137. The molecule has 0 fully saturated rings. The smallest absolute Gasteiger partial charge is 0.416 e. The topological polar surface area (TPSA) is 71.5 Å². The molecule has 0 unspecified atom stereocenters. The average molecular weight is 602 g/mol. The summed E-state index contributed by atoms with van der Waals surface area (Å²) in [5.41, 5.74) is 1.71. The predicted octanol–water partition coefficient (Wildman–Crippen LogP) is 7.24. The Hall–Kier alpha value is -4.08. The summed E-state index contributed by atoms with van der Waals surface area (Å²) in [5, 5.41) is 3.88. The Bertz CT molecular complexity index is 1640. The van der Waals surface area contributed by atoms with Crippen molar-refractivity contribution >= 4 is 57.7 Å². The summed E-state index contributed by atoms with van der Waals surface area (Å²) in [4.78, 5) is 30.8. The fraction of sp³-hybridized carbons (Fsp3) is 0.167. The van der Waals surface area contributed by atoms with Gasteiger partial charge >= 0.3 is 6.18 Å². The minimum atomic E-state index is -4.50. The van der Waals surface area contributed by atoms with Gasteiger partial charge in [-0.15, -0.1) is 0 Å². The van der Waals surface area contributed by atoms with Crippen LogP contribution in [0, 0.1) is 6.92 Å². The van der Waals surface area contributed by atoms with Crippen LogP contribution in [0.3, 0.4) is 0 Å². The van der Waals surface area contributed by atoms with Crippen LogP contribution in [0.15, 0.2) is 72.8 Å². The monoisotopic (exact) mass is 601 g/mol. The van der Waals surface area contributed by atoms with E-state index in [1.807, 2.05) is 37.3 Å². The lowest BCUT2D eigenvalue weighted by Gasteiger charge is -2.21. The SMILES string of the molecule is Cc1nc2ccccc2cc1OCc1c(Cl)ccc(N(C)C(=O)CNC(=O)C=Cc2cccc(C(F)(F)F)c2)c1Cl. The van der Waals surface area contributed by atoms with Crippen LogP contribution >= 0.6 is 23.2 Å². The van der Waals surface area contributed by atoms with Crippen molar-refractivity contribution in [2.75, 3.05) is 18.5 Å². The van der Waals surface area contributed by atoms with Gasteiger partial charge in [-0.3, -0.25) is 9.59 Å². The van der Waals surface area contributed by atoms with Gasteiger partial charge in [-0.25, -0.2) is 4.98 Å². The molecule has 11 heteroatoms. The van der Waals surface area contributed by atoms with Crippen molar-refractivity contribution in [3.05, 3.63) is 105 Å². The number of halogens is 5. The minimum Gasteiger partial charge on any atom is -0.487 e. The van der Waals surface area contributed by atoms with Crippen molar-refractivity contribution in [1.82, 2.24) is 10.3 Å². The number of amides is 2. The normalized spacial score (nSPS) is 11.6. The van der Waals surface area contributed by atoms with Crippen molar-refractivity contribution < 1.29 is 27.5 Å². The molecule has 0 spiro atoms. The Kier molecular flexibility index (Phi) is 9.20. The Morgan fingerprint density at radius 3 is 2.56 bits per heavy atom. The second-order valence-electron chi connectivity index (χ2n) is 9.04. The first-order chi connectivity index (χ1) is 19.4. The standard InChI is InChI=1S/C30H24Cl2F3N3O3/c1-18-26(15-20-7-3-4-9-24(20)37-18)41-17-22-23(31)11-12-25(29(22)32)38(2)28(40)16-36-27(39)13-10-19-6-5-8-21(14-19)30(33,34)35/h3-15H,16-17H2,1-2H3,(H,36,39). The fourth-order valence-electron chi connectivity index (χ4n) is 3.93. The van der Waals surface area contributed by atoms with E-state index in [0.29, 0.717) is 27.7 Å². The van der Waals surface area contributed by atoms with Crippen LogP contribution in [0.2, 0.25) is 10.0 Å². The third-order valence-electron chi connectivity index (χ3n) is 6.20. The number of rotatable bonds is 8. The lowest BCUT2D eigenvalue weighted by atomic mass is 10.1. The number of likely N-dealkylation sites (N-methyl/N-ethyl adjacent to an activating group) is 1. The van der Waals surface area contributed by atoms with E-state index >= 15 is 0 Å². The number of hydrogen-bond donors (Lipinski definition) is 1. The number of anilines is 1. The molecule has 0 aliphatic heterocycles. The van der Waals surface area contributed by atoms with Gasteiger partial charge in [0.15, 0.2) is 0 Å². The van der Waals surface area contributed by atoms with Crippen LogP contribution in [0.1, 0.15) is 22.4 Å². The molecular formula is C30H24Cl2F3N3O3. The van der Waals surface area contributed by atoms with Gasteiger partial charge < -0.3 is 15.0 Å². The molecule has 0 atom stereocenters. The summed E-state index contributed by atoms with van der Waals surface area (Å²) in [7, 11) is 1.49. The number of aromatic nitrogens is 1. The first kappa shape index (κ1) is 29.9. The van der Waals surface area contributed by atoms with E-state index in [-0.39, 0.29) is 23.7 Å². The second-order valence-corrected chi connectivity index (χ2v) is 9.82.